The van der Waals surface area contributed by atoms with E-state index in [0.717, 1.165) is 23.5 Å². The average molecular weight is 333 g/mol. The van der Waals surface area contributed by atoms with Gasteiger partial charge in [0.15, 0.2) is 10.2 Å². The Morgan fingerprint density at radius 2 is 1.86 bits per heavy atom. The zero-order chi connectivity index (χ0) is 16.2. The maximum Gasteiger partial charge on any atom is 0.327 e. The van der Waals surface area contributed by atoms with Crippen molar-refractivity contribution in [2.24, 2.45) is 5.92 Å². The zero-order valence-electron chi connectivity index (χ0n) is 12.2. The second-order valence-corrected chi connectivity index (χ2v) is 7.57. The Balaban J connectivity index is 2.76. The standard InChI is InChI=1S/C13H19NO5S2/c1-7(6-20-8(2)15)12(17)14-5-4-10(21-9(3)16)11(14)13(18)19/h7,10-11H,4-6H2,1-3H3,(H,18,19). The fourth-order valence-corrected chi connectivity index (χ4v) is 3.91. The van der Waals surface area contributed by atoms with Crippen LogP contribution in [0.3, 0.4) is 0 Å². The number of amides is 1. The van der Waals surface area contributed by atoms with Crippen molar-refractivity contribution in [3.05, 3.63) is 0 Å². The number of carbonyl (C=O) groups excluding carboxylic acids is 3. The van der Waals surface area contributed by atoms with Crippen molar-refractivity contribution in [2.75, 3.05) is 12.3 Å². The van der Waals surface area contributed by atoms with Crippen LogP contribution in [0.1, 0.15) is 27.2 Å². The van der Waals surface area contributed by atoms with Crippen molar-refractivity contribution in [3.8, 4) is 0 Å². The molecule has 118 valence electrons. The van der Waals surface area contributed by atoms with Gasteiger partial charge >= 0.3 is 5.97 Å². The molecule has 0 radical (unpaired) electrons. The molecule has 3 unspecified atom stereocenters. The number of nitrogens with zero attached hydrogens (tertiary/aromatic N) is 1. The topological polar surface area (TPSA) is 91.8 Å². The molecule has 21 heavy (non-hydrogen) atoms. The third kappa shape index (κ3) is 5.03. The van der Waals surface area contributed by atoms with E-state index in [1.54, 1.807) is 6.92 Å². The first-order chi connectivity index (χ1) is 9.73. The number of aliphatic carboxylic acids is 1. The molecule has 0 saturated carbocycles. The molecule has 1 aliphatic heterocycles. The highest BCUT2D eigenvalue weighted by molar-refractivity contribution is 8.14. The van der Waals surface area contributed by atoms with Crippen LogP contribution in [0.2, 0.25) is 0 Å². The maximum absolute atomic E-state index is 12.3. The van der Waals surface area contributed by atoms with Crippen molar-refractivity contribution in [3.63, 3.8) is 0 Å². The minimum atomic E-state index is -1.09. The van der Waals surface area contributed by atoms with Crippen LogP contribution in [0.25, 0.3) is 0 Å². The number of carboxylic acids is 1. The maximum atomic E-state index is 12.3. The summed E-state index contributed by atoms with van der Waals surface area (Å²) in [6.45, 7) is 4.83. The molecule has 1 heterocycles. The summed E-state index contributed by atoms with van der Waals surface area (Å²) in [5.74, 6) is -1.46. The van der Waals surface area contributed by atoms with Crippen molar-refractivity contribution < 1.29 is 24.3 Å². The molecule has 0 aromatic heterocycles. The van der Waals surface area contributed by atoms with Gasteiger partial charge < -0.3 is 10.0 Å². The number of rotatable bonds is 5. The van der Waals surface area contributed by atoms with Crippen LogP contribution >= 0.6 is 23.5 Å². The monoisotopic (exact) mass is 333 g/mol. The van der Waals surface area contributed by atoms with Crippen LogP contribution in [0.4, 0.5) is 0 Å². The Labute approximate surface area is 132 Å². The molecule has 1 rings (SSSR count). The molecule has 3 atom stereocenters. The van der Waals surface area contributed by atoms with Gasteiger partial charge in [-0.3, -0.25) is 14.4 Å². The Hall–Kier alpha value is -1.02. The van der Waals surface area contributed by atoms with Crippen molar-refractivity contribution >= 4 is 45.6 Å². The van der Waals surface area contributed by atoms with Gasteiger partial charge in [0.05, 0.1) is 0 Å². The molecule has 1 amide bonds. The highest BCUT2D eigenvalue weighted by atomic mass is 32.2. The molecule has 0 aliphatic carbocycles. The number of carboxylic acid groups (broad SMARTS) is 1. The van der Waals surface area contributed by atoms with E-state index in [1.165, 1.54) is 18.7 Å². The normalized spacial score (nSPS) is 22.9. The second kappa shape index (κ2) is 7.84. The minimum absolute atomic E-state index is 0.0733. The van der Waals surface area contributed by atoms with Gasteiger partial charge in [-0.2, -0.15) is 0 Å². The lowest BCUT2D eigenvalue weighted by Crippen LogP contribution is -2.46. The van der Waals surface area contributed by atoms with Crippen LogP contribution in [0.5, 0.6) is 0 Å². The smallest absolute Gasteiger partial charge is 0.327 e. The summed E-state index contributed by atoms with van der Waals surface area (Å²) in [5.41, 5.74) is 0. The molecular weight excluding hydrogens is 314 g/mol. The highest BCUT2D eigenvalue weighted by Crippen LogP contribution is 2.31. The van der Waals surface area contributed by atoms with Crippen molar-refractivity contribution in [1.82, 2.24) is 4.90 Å². The van der Waals surface area contributed by atoms with Gasteiger partial charge in [-0.15, -0.1) is 0 Å². The molecule has 0 aromatic carbocycles. The Kier molecular flexibility index (Phi) is 6.73. The van der Waals surface area contributed by atoms with Crippen LogP contribution in [0, 0.1) is 5.92 Å². The second-order valence-electron chi connectivity index (χ2n) is 4.95. The van der Waals surface area contributed by atoms with Gasteiger partial charge in [-0.25, -0.2) is 4.79 Å². The first-order valence-electron chi connectivity index (χ1n) is 6.58. The number of likely N-dealkylation sites (tertiary alicyclic amines) is 1. The Morgan fingerprint density at radius 3 is 2.33 bits per heavy atom. The fourth-order valence-electron chi connectivity index (χ4n) is 2.24. The summed E-state index contributed by atoms with van der Waals surface area (Å²) in [6, 6.07) is -0.976. The average Bonchev–Trinajstić information content (AvgIpc) is 2.77. The third-order valence-corrected chi connectivity index (χ3v) is 5.36. The first-order valence-corrected chi connectivity index (χ1v) is 8.44. The van der Waals surface area contributed by atoms with Gasteiger partial charge in [0.2, 0.25) is 5.91 Å². The largest absolute Gasteiger partial charge is 0.480 e. The molecule has 0 spiro atoms. The van der Waals surface area contributed by atoms with E-state index in [-0.39, 0.29) is 16.1 Å². The summed E-state index contributed by atoms with van der Waals surface area (Å²) >= 11 is 2.03. The van der Waals surface area contributed by atoms with E-state index < -0.39 is 23.2 Å². The van der Waals surface area contributed by atoms with E-state index in [4.69, 9.17) is 0 Å². The first kappa shape index (κ1) is 18.0. The van der Waals surface area contributed by atoms with Crippen LogP contribution in [-0.2, 0) is 19.2 Å². The van der Waals surface area contributed by atoms with Crippen LogP contribution in [-0.4, -0.2) is 55.7 Å². The van der Waals surface area contributed by atoms with Gasteiger partial charge in [-0.05, 0) is 6.42 Å². The molecule has 1 N–H and O–H groups in total. The molecular formula is C13H19NO5S2. The lowest BCUT2D eigenvalue weighted by atomic mass is 10.1. The summed E-state index contributed by atoms with van der Waals surface area (Å²) in [6.07, 6.45) is 0.486. The lowest BCUT2D eigenvalue weighted by Gasteiger charge is -2.26. The predicted octanol–water partition coefficient (Wildman–Crippen LogP) is 1.24. The molecule has 1 saturated heterocycles. The van der Waals surface area contributed by atoms with Gasteiger partial charge in [0, 0.05) is 37.3 Å². The summed E-state index contributed by atoms with van der Waals surface area (Å²) in [5, 5.41) is 8.71. The Morgan fingerprint density at radius 1 is 1.24 bits per heavy atom. The molecule has 0 aromatic rings. The van der Waals surface area contributed by atoms with Gasteiger partial charge in [0.25, 0.3) is 0 Å². The number of hydrogen-bond donors (Lipinski definition) is 1. The van der Waals surface area contributed by atoms with Crippen molar-refractivity contribution in [1.29, 1.82) is 0 Å². The predicted molar refractivity (Wildman–Crippen MR) is 82.1 cm³/mol. The van der Waals surface area contributed by atoms with Gasteiger partial charge in [0.1, 0.15) is 6.04 Å². The van der Waals surface area contributed by atoms with E-state index >= 15 is 0 Å². The minimum Gasteiger partial charge on any atom is -0.480 e. The molecule has 1 aliphatic rings. The van der Waals surface area contributed by atoms with E-state index in [1.807, 2.05) is 0 Å². The van der Waals surface area contributed by atoms with E-state index in [9.17, 15) is 24.3 Å². The summed E-state index contributed by atoms with van der Waals surface area (Å²) < 4.78 is 0. The number of hydrogen-bond acceptors (Lipinski definition) is 6. The third-order valence-electron chi connectivity index (χ3n) is 3.15. The number of thioether (sulfide) groups is 2. The molecule has 8 heteroatoms. The van der Waals surface area contributed by atoms with Gasteiger partial charge in [-0.1, -0.05) is 30.4 Å². The van der Waals surface area contributed by atoms with Crippen LogP contribution < -0.4 is 0 Å². The molecule has 6 nitrogen and oxygen atoms in total. The SMILES string of the molecule is CC(=O)SCC(C)C(=O)N1CCC(SC(C)=O)C1C(=O)O. The number of carbonyl (C=O) groups is 4. The fraction of sp³-hybridized carbons (Fsp3) is 0.692. The molecule has 0 bridgehead atoms. The zero-order valence-corrected chi connectivity index (χ0v) is 13.8. The van der Waals surface area contributed by atoms with E-state index in [2.05, 4.69) is 0 Å². The summed E-state index contributed by atoms with van der Waals surface area (Å²) in [7, 11) is 0. The summed E-state index contributed by atoms with van der Waals surface area (Å²) in [4.78, 5) is 47.2. The van der Waals surface area contributed by atoms with Crippen molar-refractivity contribution in [2.45, 2.75) is 38.5 Å². The molecule has 1 fully saturated rings. The Bertz CT molecular complexity index is 454. The quantitative estimate of drug-likeness (QED) is 0.809. The van der Waals surface area contributed by atoms with Crippen LogP contribution in [0.15, 0.2) is 0 Å². The van der Waals surface area contributed by atoms with E-state index in [0.29, 0.717) is 18.7 Å². The lowest BCUT2D eigenvalue weighted by molar-refractivity contribution is -0.149. The highest BCUT2D eigenvalue weighted by Gasteiger charge is 2.43.